The van der Waals surface area contributed by atoms with Gasteiger partial charge in [-0.05, 0) is 32.5 Å². The molecule has 7 nitrogen and oxygen atoms in total. The number of piperidine rings is 1. The predicted molar refractivity (Wildman–Crippen MR) is 98.1 cm³/mol. The number of piperazine rings is 1. The number of thioether (sulfide) groups is 1. The first-order chi connectivity index (χ1) is 11.4. The van der Waals surface area contributed by atoms with Crippen LogP contribution in [0.3, 0.4) is 0 Å². The molecule has 2 N–H and O–H groups in total. The second kappa shape index (κ2) is 8.71. The standard InChI is InChI=1S/C16H29N5O2S/c1-12(2)19-8-10-21(11-9-19)16(22)23-14-4-6-20(7-5-14)15(18)24-13(3)17/h12,14,17-18H,4-11H2,1-3H3. The molecule has 24 heavy (non-hydrogen) atoms. The fourth-order valence-corrected chi connectivity index (χ4v) is 3.63. The van der Waals surface area contributed by atoms with Crippen LogP contribution in [-0.2, 0) is 4.74 Å². The van der Waals surface area contributed by atoms with E-state index in [1.807, 2.05) is 9.80 Å². The SMILES string of the molecule is CC(=N)SC(=N)N1CCC(OC(=O)N2CCN(C(C)C)CC2)CC1. The molecule has 0 aromatic carbocycles. The molecule has 2 aliphatic heterocycles. The molecule has 2 heterocycles. The maximum atomic E-state index is 12.3. The van der Waals surface area contributed by atoms with Crippen LogP contribution in [0.4, 0.5) is 4.79 Å². The molecule has 0 spiro atoms. The minimum absolute atomic E-state index is 0.0595. The maximum Gasteiger partial charge on any atom is 0.410 e. The smallest absolute Gasteiger partial charge is 0.410 e. The van der Waals surface area contributed by atoms with Gasteiger partial charge in [-0.1, -0.05) is 0 Å². The summed E-state index contributed by atoms with van der Waals surface area (Å²) in [5, 5.41) is 16.2. The highest BCUT2D eigenvalue weighted by Crippen LogP contribution is 2.19. The molecule has 0 bridgehead atoms. The van der Waals surface area contributed by atoms with Crippen LogP contribution in [0.5, 0.6) is 0 Å². The van der Waals surface area contributed by atoms with Crippen molar-refractivity contribution in [1.29, 1.82) is 10.8 Å². The number of amides is 1. The number of nitrogens with zero attached hydrogens (tertiary/aromatic N) is 3. The first kappa shape index (κ1) is 19.1. The molecule has 0 aromatic heterocycles. The zero-order chi connectivity index (χ0) is 17.7. The van der Waals surface area contributed by atoms with E-state index in [1.165, 1.54) is 11.8 Å². The summed E-state index contributed by atoms with van der Waals surface area (Å²) in [4.78, 5) is 18.4. The van der Waals surface area contributed by atoms with Gasteiger partial charge in [-0.15, -0.1) is 0 Å². The molecule has 2 saturated heterocycles. The summed E-state index contributed by atoms with van der Waals surface area (Å²) in [6, 6.07) is 0.519. The summed E-state index contributed by atoms with van der Waals surface area (Å²) in [6.45, 7) is 10.7. The number of likely N-dealkylation sites (tertiary alicyclic amines) is 1. The van der Waals surface area contributed by atoms with Gasteiger partial charge in [-0.2, -0.15) is 0 Å². The Balaban J connectivity index is 1.71. The van der Waals surface area contributed by atoms with Crippen LogP contribution in [0.15, 0.2) is 0 Å². The van der Waals surface area contributed by atoms with Gasteiger partial charge in [0.25, 0.3) is 0 Å². The number of hydrogen-bond donors (Lipinski definition) is 2. The number of hydrogen-bond acceptors (Lipinski definition) is 6. The Labute approximate surface area is 148 Å². The first-order valence-corrected chi connectivity index (χ1v) is 9.44. The largest absolute Gasteiger partial charge is 0.446 e. The van der Waals surface area contributed by atoms with Gasteiger partial charge in [-0.25, -0.2) is 4.79 Å². The topological polar surface area (TPSA) is 83.7 Å². The molecule has 0 saturated carbocycles. The number of amidine groups is 1. The monoisotopic (exact) mass is 355 g/mol. The molecule has 0 atom stereocenters. The molecular weight excluding hydrogens is 326 g/mol. The fourth-order valence-electron chi connectivity index (χ4n) is 3.02. The molecule has 8 heteroatoms. The van der Waals surface area contributed by atoms with Crippen LogP contribution < -0.4 is 0 Å². The van der Waals surface area contributed by atoms with Crippen LogP contribution in [0.2, 0.25) is 0 Å². The van der Waals surface area contributed by atoms with Crippen molar-refractivity contribution in [2.75, 3.05) is 39.3 Å². The van der Waals surface area contributed by atoms with Gasteiger partial charge >= 0.3 is 6.09 Å². The summed E-state index contributed by atoms with van der Waals surface area (Å²) >= 11 is 1.17. The maximum absolute atomic E-state index is 12.3. The van der Waals surface area contributed by atoms with Crippen LogP contribution in [0.1, 0.15) is 33.6 Å². The Morgan fingerprint density at radius 1 is 1.04 bits per heavy atom. The number of ether oxygens (including phenoxy) is 1. The van der Waals surface area contributed by atoms with Crippen molar-refractivity contribution in [3.8, 4) is 0 Å². The van der Waals surface area contributed by atoms with E-state index in [9.17, 15) is 4.79 Å². The third kappa shape index (κ3) is 5.37. The Morgan fingerprint density at radius 2 is 1.62 bits per heavy atom. The van der Waals surface area contributed by atoms with Crippen molar-refractivity contribution in [3.05, 3.63) is 0 Å². The normalized spacial score (nSPS) is 20.3. The predicted octanol–water partition coefficient (Wildman–Crippen LogP) is 2.28. The average molecular weight is 356 g/mol. The Kier molecular flexibility index (Phi) is 6.91. The van der Waals surface area contributed by atoms with Crippen LogP contribution in [0.25, 0.3) is 0 Å². The summed E-state index contributed by atoms with van der Waals surface area (Å²) in [6.07, 6.45) is 1.24. The number of carbonyl (C=O) groups is 1. The van der Waals surface area contributed by atoms with E-state index in [0.717, 1.165) is 39.0 Å². The van der Waals surface area contributed by atoms with Crippen molar-refractivity contribution >= 4 is 28.1 Å². The fraction of sp³-hybridized carbons (Fsp3) is 0.812. The van der Waals surface area contributed by atoms with Gasteiger partial charge in [0.1, 0.15) is 6.10 Å². The average Bonchev–Trinajstić information content (AvgIpc) is 2.55. The first-order valence-electron chi connectivity index (χ1n) is 8.63. The van der Waals surface area contributed by atoms with Gasteiger partial charge in [-0.3, -0.25) is 15.7 Å². The van der Waals surface area contributed by atoms with E-state index in [-0.39, 0.29) is 12.2 Å². The molecule has 1 amide bonds. The van der Waals surface area contributed by atoms with Crippen LogP contribution >= 0.6 is 11.8 Å². The second-order valence-electron chi connectivity index (χ2n) is 6.65. The van der Waals surface area contributed by atoms with Gasteiger partial charge < -0.3 is 14.5 Å². The van der Waals surface area contributed by atoms with Crippen molar-refractivity contribution in [1.82, 2.24) is 14.7 Å². The summed E-state index contributed by atoms with van der Waals surface area (Å²) in [5.74, 6) is 0. The van der Waals surface area contributed by atoms with E-state index in [4.69, 9.17) is 15.6 Å². The molecule has 2 rings (SSSR count). The molecule has 2 fully saturated rings. The number of rotatable bonds is 2. The molecule has 136 valence electrons. The van der Waals surface area contributed by atoms with Crippen molar-refractivity contribution in [3.63, 3.8) is 0 Å². The highest BCUT2D eigenvalue weighted by molar-refractivity contribution is 8.26. The third-order valence-corrected chi connectivity index (χ3v) is 5.31. The quantitative estimate of drug-likeness (QED) is 0.586. The van der Waals surface area contributed by atoms with E-state index < -0.39 is 0 Å². The third-order valence-electron chi connectivity index (χ3n) is 4.55. The summed E-state index contributed by atoms with van der Waals surface area (Å²) in [7, 11) is 0. The molecule has 0 aromatic rings. The highest BCUT2D eigenvalue weighted by Gasteiger charge is 2.28. The number of carbonyl (C=O) groups excluding carboxylic acids is 1. The molecule has 2 aliphatic rings. The van der Waals surface area contributed by atoms with E-state index in [1.54, 1.807) is 6.92 Å². The lowest BCUT2D eigenvalue weighted by molar-refractivity contribution is 0.0244. The van der Waals surface area contributed by atoms with E-state index in [2.05, 4.69) is 18.7 Å². The van der Waals surface area contributed by atoms with E-state index in [0.29, 0.717) is 29.3 Å². The lowest BCUT2D eigenvalue weighted by Crippen LogP contribution is -2.51. The minimum atomic E-state index is -0.198. The zero-order valence-corrected chi connectivity index (χ0v) is 15.7. The Hall–Kier alpha value is -1.28. The lowest BCUT2D eigenvalue weighted by atomic mass is 10.1. The second-order valence-corrected chi connectivity index (χ2v) is 7.85. The van der Waals surface area contributed by atoms with Gasteiger partial charge in [0.2, 0.25) is 0 Å². The molecular formula is C16H29N5O2S. The molecule has 0 radical (unpaired) electrons. The summed E-state index contributed by atoms with van der Waals surface area (Å²) in [5.41, 5.74) is 0. The van der Waals surface area contributed by atoms with Gasteiger partial charge in [0, 0.05) is 58.2 Å². The minimum Gasteiger partial charge on any atom is -0.446 e. The van der Waals surface area contributed by atoms with Crippen molar-refractivity contribution in [2.24, 2.45) is 0 Å². The Bertz CT molecular complexity index is 469. The van der Waals surface area contributed by atoms with E-state index >= 15 is 0 Å². The van der Waals surface area contributed by atoms with Crippen molar-refractivity contribution < 1.29 is 9.53 Å². The highest BCUT2D eigenvalue weighted by atomic mass is 32.2. The lowest BCUT2D eigenvalue weighted by Gasteiger charge is -2.38. The van der Waals surface area contributed by atoms with Gasteiger partial charge in [0.05, 0.1) is 5.04 Å². The summed E-state index contributed by atoms with van der Waals surface area (Å²) < 4.78 is 5.66. The number of nitrogens with one attached hydrogen (secondary N) is 2. The zero-order valence-electron chi connectivity index (χ0n) is 14.9. The Morgan fingerprint density at radius 3 is 2.12 bits per heavy atom. The van der Waals surface area contributed by atoms with Crippen LogP contribution in [-0.4, -0.2) is 82.4 Å². The molecule has 0 aliphatic carbocycles. The van der Waals surface area contributed by atoms with Crippen LogP contribution in [0, 0.1) is 10.8 Å². The van der Waals surface area contributed by atoms with Crippen molar-refractivity contribution in [2.45, 2.75) is 45.8 Å². The molecule has 0 unspecified atom stereocenters. The van der Waals surface area contributed by atoms with Gasteiger partial charge in [0.15, 0.2) is 5.17 Å².